The highest BCUT2D eigenvalue weighted by Crippen LogP contribution is 2.05. The molecule has 1 aromatic rings. The van der Waals surface area contributed by atoms with Crippen molar-refractivity contribution >= 4 is 11.8 Å². The van der Waals surface area contributed by atoms with Gasteiger partial charge >= 0.3 is 5.97 Å². The number of ether oxygens (including phenoxy) is 1. The second-order valence-corrected chi connectivity index (χ2v) is 4.60. The topological polar surface area (TPSA) is 43.4 Å². The lowest BCUT2D eigenvalue weighted by molar-refractivity contribution is -0.144. The summed E-state index contributed by atoms with van der Waals surface area (Å²) in [6, 6.07) is 9.89. The van der Waals surface area contributed by atoms with Crippen LogP contribution in [0.25, 0.3) is 0 Å². The van der Waals surface area contributed by atoms with Gasteiger partial charge in [0.2, 0.25) is 0 Å². The van der Waals surface area contributed by atoms with E-state index in [-0.39, 0.29) is 24.6 Å². The Morgan fingerprint density at radius 2 is 1.79 bits per heavy atom. The van der Waals surface area contributed by atoms with Crippen LogP contribution in [0, 0.1) is 0 Å². The van der Waals surface area contributed by atoms with E-state index in [1.54, 1.807) is 0 Å². The number of unbranched alkanes of at least 4 members (excludes halogenated alkanes) is 1. The van der Waals surface area contributed by atoms with Crippen LogP contribution < -0.4 is 0 Å². The molecule has 1 rings (SSSR count). The number of hydrogen-bond donors (Lipinski definition) is 0. The van der Waals surface area contributed by atoms with Gasteiger partial charge in [0, 0.05) is 12.8 Å². The summed E-state index contributed by atoms with van der Waals surface area (Å²) in [4.78, 5) is 23.0. The Bertz CT molecular complexity index is 384. The Kier molecular flexibility index (Phi) is 7.56. The van der Waals surface area contributed by atoms with E-state index in [1.165, 1.54) is 0 Å². The quantitative estimate of drug-likeness (QED) is 0.506. The molecular formula is C16H22O3. The van der Waals surface area contributed by atoms with Crippen molar-refractivity contribution in [1.82, 2.24) is 0 Å². The smallest absolute Gasteiger partial charge is 0.306 e. The number of carbonyl (C=O) groups is 2. The number of rotatable bonds is 9. The molecule has 0 saturated heterocycles. The average molecular weight is 262 g/mol. The molecule has 0 amide bonds. The number of benzene rings is 1. The van der Waals surface area contributed by atoms with Gasteiger partial charge in [0.05, 0.1) is 13.0 Å². The molecule has 0 saturated carbocycles. The zero-order valence-electron chi connectivity index (χ0n) is 11.6. The van der Waals surface area contributed by atoms with Crippen LogP contribution in [0.5, 0.6) is 0 Å². The van der Waals surface area contributed by atoms with Gasteiger partial charge in [-0.25, -0.2) is 0 Å². The Labute approximate surface area is 115 Å². The molecule has 1 aromatic carbocycles. The summed E-state index contributed by atoms with van der Waals surface area (Å²) in [5.74, 6) is -0.141. The molecule has 19 heavy (non-hydrogen) atoms. The molecule has 0 atom stereocenters. The number of ketones is 1. The standard InChI is InChI=1S/C16H22O3/c1-2-3-13-19-16(18)12-11-15(17)10-9-14-7-5-4-6-8-14/h4-8H,2-3,9-13H2,1H3. The van der Waals surface area contributed by atoms with Crippen molar-refractivity contribution in [3.05, 3.63) is 35.9 Å². The van der Waals surface area contributed by atoms with Gasteiger partial charge in [-0.3, -0.25) is 9.59 Å². The molecule has 0 radical (unpaired) electrons. The first kappa shape index (κ1) is 15.4. The third kappa shape index (κ3) is 7.39. The van der Waals surface area contributed by atoms with E-state index in [0.29, 0.717) is 13.0 Å². The fourth-order valence-corrected chi connectivity index (χ4v) is 1.70. The predicted octanol–water partition coefficient (Wildman–Crippen LogP) is 3.31. The van der Waals surface area contributed by atoms with Crippen LogP contribution >= 0.6 is 0 Å². The van der Waals surface area contributed by atoms with Crippen molar-refractivity contribution in [3.8, 4) is 0 Å². The van der Waals surface area contributed by atoms with E-state index < -0.39 is 0 Å². The van der Waals surface area contributed by atoms with Crippen LogP contribution in [-0.2, 0) is 20.7 Å². The van der Waals surface area contributed by atoms with Gasteiger partial charge in [-0.05, 0) is 18.4 Å². The Morgan fingerprint density at radius 3 is 2.47 bits per heavy atom. The minimum absolute atomic E-state index is 0.122. The van der Waals surface area contributed by atoms with Crippen LogP contribution in [0.15, 0.2) is 30.3 Å². The molecule has 0 fully saturated rings. The van der Waals surface area contributed by atoms with Crippen LogP contribution in [0.4, 0.5) is 0 Å². The molecule has 0 aliphatic carbocycles. The lowest BCUT2D eigenvalue weighted by Gasteiger charge is -2.04. The van der Waals surface area contributed by atoms with E-state index in [2.05, 4.69) is 0 Å². The molecule has 0 aliphatic heterocycles. The summed E-state index contributed by atoms with van der Waals surface area (Å²) >= 11 is 0. The van der Waals surface area contributed by atoms with E-state index in [1.807, 2.05) is 37.3 Å². The Morgan fingerprint density at radius 1 is 1.05 bits per heavy atom. The summed E-state index contributed by atoms with van der Waals surface area (Å²) < 4.78 is 5.00. The van der Waals surface area contributed by atoms with Crippen molar-refractivity contribution in [2.24, 2.45) is 0 Å². The van der Waals surface area contributed by atoms with E-state index in [0.717, 1.165) is 24.8 Å². The Balaban J connectivity index is 2.12. The van der Waals surface area contributed by atoms with Crippen LogP contribution in [0.2, 0.25) is 0 Å². The number of Topliss-reactive ketones (excluding diaryl/α,β-unsaturated/α-hetero) is 1. The first-order chi connectivity index (χ1) is 9.22. The third-order valence-corrected chi connectivity index (χ3v) is 2.90. The maximum Gasteiger partial charge on any atom is 0.306 e. The monoisotopic (exact) mass is 262 g/mol. The normalized spacial score (nSPS) is 10.2. The molecule has 104 valence electrons. The molecule has 0 spiro atoms. The zero-order chi connectivity index (χ0) is 13.9. The van der Waals surface area contributed by atoms with Crippen LogP contribution in [0.3, 0.4) is 0 Å². The fraction of sp³-hybridized carbons (Fsp3) is 0.500. The van der Waals surface area contributed by atoms with Crippen molar-refractivity contribution < 1.29 is 14.3 Å². The van der Waals surface area contributed by atoms with Gasteiger partial charge in [0.25, 0.3) is 0 Å². The van der Waals surface area contributed by atoms with Gasteiger partial charge in [-0.1, -0.05) is 43.7 Å². The van der Waals surface area contributed by atoms with Crippen molar-refractivity contribution in [2.75, 3.05) is 6.61 Å². The Hall–Kier alpha value is -1.64. The van der Waals surface area contributed by atoms with Crippen molar-refractivity contribution in [2.45, 2.75) is 45.4 Å². The van der Waals surface area contributed by atoms with Crippen molar-refractivity contribution in [1.29, 1.82) is 0 Å². The van der Waals surface area contributed by atoms with E-state index >= 15 is 0 Å². The summed E-state index contributed by atoms with van der Waals surface area (Å²) in [5.41, 5.74) is 1.15. The number of hydrogen-bond acceptors (Lipinski definition) is 3. The number of carbonyl (C=O) groups excluding carboxylic acids is 2. The molecule has 0 heterocycles. The van der Waals surface area contributed by atoms with Gasteiger partial charge < -0.3 is 4.74 Å². The molecule has 0 aromatic heterocycles. The van der Waals surface area contributed by atoms with Crippen LogP contribution in [-0.4, -0.2) is 18.4 Å². The van der Waals surface area contributed by atoms with Crippen molar-refractivity contribution in [3.63, 3.8) is 0 Å². The van der Waals surface area contributed by atoms with Crippen LogP contribution in [0.1, 0.15) is 44.6 Å². The highest BCUT2D eigenvalue weighted by Gasteiger charge is 2.08. The summed E-state index contributed by atoms with van der Waals surface area (Å²) in [6.07, 6.45) is 3.61. The second-order valence-electron chi connectivity index (χ2n) is 4.60. The predicted molar refractivity (Wildman–Crippen MR) is 74.9 cm³/mol. The van der Waals surface area contributed by atoms with E-state index in [4.69, 9.17) is 4.74 Å². The molecule has 3 heteroatoms. The maximum absolute atomic E-state index is 11.6. The number of aryl methyl sites for hydroxylation is 1. The second kappa shape index (κ2) is 9.31. The largest absolute Gasteiger partial charge is 0.466 e. The van der Waals surface area contributed by atoms with E-state index in [9.17, 15) is 9.59 Å². The molecular weight excluding hydrogens is 240 g/mol. The third-order valence-electron chi connectivity index (χ3n) is 2.90. The molecule has 0 N–H and O–H groups in total. The molecule has 3 nitrogen and oxygen atoms in total. The molecule has 0 unspecified atom stereocenters. The lowest BCUT2D eigenvalue weighted by Crippen LogP contribution is -2.09. The van der Waals surface area contributed by atoms with Gasteiger partial charge in [-0.2, -0.15) is 0 Å². The van der Waals surface area contributed by atoms with Gasteiger partial charge in [-0.15, -0.1) is 0 Å². The number of esters is 1. The summed E-state index contributed by atoms with van der Waals surface area (Å²) in [7, 11) is 0. The average Bonchev–Trinajstić information content (AvgIpc) is 2.44. The highest BCUT2D eigenvalue weighted by atomic mass is 16.5. The first-order valence-corrected chi connectivity index (χ1v) is 6.93. The minimum Gasteiger partial charge on any atom is -0.466 e. The summed E-state index contributed by atoms with van der Waals surface area (Å²) in [6.45, 7) is 2.51. The fourth-order valence-electron chi connectivity index (χ4n) is 1.70. The zero-order valence-corrected chi connectivity index (χ0v) is 11.6. The first-order valence-electron chi connectivity index (χ1n) is 6.93. The maximum atomic E-state index is 11.6. The van der Waals surface area contributed by atoms with Gasteiger partial charge in [0.15, 0.2) is 0 Å². The SMILES string of the molecule is CCCCOC(=O)CCC(=O)CCc1ccccc1. The van der Waals surface area contributed by atoms with Gasteiger partial charge in [0.1, 0.15) is 5.78 Å². The lowest BCUT2D eigenvalue weighted by atomic mass is 10.1. The molecule has 0 bridgehead atoms. The molecule has 0 aliphatic rings. The highest BCUT2D eigenvalue weighted by molar-refractivity contribution is 5.83. The summed E-state index contributed by atoms with van der Waals surface area (Å²) in [5, 5.41) is 0. The minimum atomic E-state index is -0.262.